The molecule has 2 rings (SSSR count). The molecule has 100 valence electrons. The van der Waals surface area contributed by atoms with E-state index in [-0.39, 0.29) is 5.82 Å². The van der Waals surface area contributed by atoms with Gasteiger partial charge in [0.2, 0.25) is 0 Å². The second-order valence-electron chi connectivity index (χ2n) is 4.46. The fraction of sp³-hybridized carbons (Fsp3) is 0.200. The summed E-state index contributed by atoms with van der Waals surface area (Å²) in [5.41, 5.74) is 2.42. The van der Waals surface area contributed by atoms with Crippen LogP contribution in [-0.2, 0) is 6.42 Å². The highest BCUT2D eigenvalue weighted by atomic mass is 35.5. The summed E-state index contributed by atoms with van der Waals surface area (Å²) in [5.74, 6) is -0.383. The van der Waals surface area contributed by atoms with Crippen LogP contribution in [0.1, 0.15) is 22.8 Å². The average molecular weight is 299 g/mol. The second-order valence-corrected chi connectivity index (χ2v) is 5.30. The van der Waals surface area contributed by atoms with Crippen molar-refractivity contribution >= 4 is 23.2 Å². The predicted molar refractivity (Wildman–Crippen MR) is 76.3 cm³/mol. The first-order valence-corrected chi connectivity index (χ1v) is 6.61. The van der Waals surface area contributed by atoms with Crippen LogP contribution in [0.5, 0.6) is 0 Å². The zero-order chi connectivity index (χ0) is 14.0. The fourth-order valence-electron chi connectivity index (χ4n) is 2.02. The van der Waals surface area contributed by atoms with E-state index in [9.17, 15) is 9.50 Å². The molecule has 1 unspecified atom stereocenters. The standard InChI is InChI=1S/C15H13Cl2FO/c1-9-6-11(16)3-5-13(9)15(19)7-10-2-4-12(18)8-14(10)17/h2-6,8,15,19H,7H2,1H3. The highest BCUT2D eigenvalue weighted by Gasteiger charge is 2.13. The third kappa shape index (κ3) is 3.47. The molecule has 0 aliphatic rings. The van der Waals surface area contributed by atoms with Crippen molar-refractivity contribution in [2.75, 3.05) is 0 Å². The number of halogens is 3. The highest BCUT2D eigenvalue weighted by molar-refractivity contribution is 6.31. The number of hydrogen-bond donors (Lipinski definition) is 1. The summed E-state index contributed by atoms with van der Waals surface area (Å²) in [7, 11) is 0. The lowest BCUT2D eigenvalue weighted by molar-refractivity contribution is 0.177. The van der Waals surface area contributed by atoms with Gasteiger partial charge in [-0.3, -0.25) is 0 Å². The van der Waals surface area contributed by atoms with E-state index < -0.39 is 6.10 Å². The summed E-state index contributed by atoms with van der Waals surface area (Å²) in [6.45, 7) is 1.89. The van der Waals surface area contributed by atoms with Gasteiger partial charge in [0.25, 0.3) is 0 Å². The van der Waals surface area contributed by atoms with Gasteiger partial charge >= 0.3 is 0 Å². The molecule has 2 aromatic rings. The molecule has 0 saturated carbocycles. The van der Waals surface area contributed by atoms with Crippen LogP contribution in [-0.4, -0.2) is 5.11 Å². The number of aliphatic hydroxyl groups excluding tert-OH is 1. The molecule has 1 atom stereocenters. The van der Waals surface area contributed by atoms with Crippen LogP contribution in [0.3, 0.4) is 0 Å². The van der Waals surface area contributed by atoms with Gasteiger partial charge in [-0.05, 0) is 47.9 Å². The van der Waals surface area contributed by atoms with Gasteiger partial charge in [0.05, 0.1) is 6.10 Å². The molecular weight excluding hydrogens is 286 g/mol. The molecule has 0 amide bonds. The normalized spacial score (nSPS) is 12.5. The summed E-state index contributed by atoms with van der Waals surface area (Å²) in [6.07, 6.45) is -0.359. The molecular formula is C15H13Cl2FO. The molecule has 1 nitrogen and oxygen atoms in total. The van der Waals surface area contributed by atoms with Crippen molar-refractivity contribution in [3.05, 3.63) is 69.0 Å². The van der Waals surface area contributed by atoms with Gasteiger partial charge in [0, 0.05) is 16.5 Å². The van der Waals surface area contributed by atoms with Crippen LogP contribution in [0.4, 0.5) is 4.39 Å². The Balaban J connectivity index is 2.23. The highest BCUT2D eigenvalue weighted by Crippen LogP contribution is 2.27. The van der Waals surface area contributed by atoms with Crippen molar-refractivity contribution < 1.29 is 9.50 Å². The van der Waals surface area contributed by atoms with Crippen molar-refractivity contribution in [3.8, 4) is 0 Å². The van der Waals surface area contributed by atoms with Crippen molar-refractivity contribution in [3.63, 3.8) is 0 Å². The largest absolute Gasteiger partial charge is 0.388 e. The minimum atomic E-state index is -0.694. The lowest BCUT2D eigenvalue weighted by Crippen LogP contribution is -2.04. The molecule has 0 radical (unpaired) electrons. The Hall–Kier alpha value is -1.09. The Morgan fingerprint density at radius 2 is 1.89 bits per heavy atom. The topological polar surface area (TPSA) is 20.2 Å². The number of hydrogen-bond acceptors (Lipinski definition) is 1. The van der Waals surface area contributed by atoms with Crippen molar-refractivity contribution in [1.82, 2.24) is 0 Å². The van der Waals surface area contributed by atoms with Gasteiger partial charge in [-0.15, -0.1) is 0 Å². The predicted octanol–water partition coefficient (Wildman–Crippen LogP) is 4.72. The molecule has 0 heterocycles. The van der Waals surface area contributed by atoms with Gasteiger partial charge in [-0.2, -0.15) is 0 Å². The first-order chi connectivity index (χ1) is 8.97. The third-order valence-corrected chi connectivity index (χ3v) is 3.61. The maximum atomic E-state index is 13.0. The van der Waals surface area contributed by atoms with Gasteiger partial charge in [0.15, 0.2) is 0 Å². The van der Waals surface area contributed by atoms with Crippen molar-refractivity contribution in [2.45, 2.75) is 19.4 Å². The molecule has 0 aromatic heterocycles. The minimum absolute atomic E-state index is 0.325. The molecule has 0 bridgehead atoms. The average Bonchev–Trinajstić information content (AvgIpc) is 2.32. The summed E-state index contributed by atoms with van der Waals surface area (Å²) in [6, 6.07) is 9.50. The zero-order valence-corrected chi connectivity index (χ0v) is 11.8. The van der Waals surface area contributed by atoms with Crippen LogP contribution in [0.15, 0.2) is 36.4 Å². The van der Waals surface area contributed by atoms with Gasteiger partial charge in [-0.1, -0.05) is 35.3 Å². The number of benzene rings is 2. The molecule has 4 heteroatoms. The molecule has 0 spiro atoms. The summed E-state index contributed by atoms with van der Waals surface area (Å²) in [4.78, 5) is 0. The first kappa shape index (κ1) is 14.3. The molecule has 19 heavy (non-hydrogen) atoms. The fourth-order valence-corrected chi connectivity index (χ4v) is 2.49. The van der Waals surface area contributed by atoms with Gasteiger partial charge < -0.3 is 5.11 Å². The Kier molecular flexibility index (Phi) is 4.46. The van der Waals surface area contributed by atoms with E-state index in [0.29, 0.717) is 22.0 Å². The van der Waals surface area contributed by atoms with Gasteiger partial charge in [-0.25, -0.2) is 4.39 Å². The first-order valence-electron chi connectivity index (χ1n) is 5.85. The maximum absolute atomic E-state index is 13.0. The Morgan fingerprint density at radius 1 is 1.16 bits per heavy atom. The van der Waals surface area contributed by atoms with E-state index in [1.54, 1.807) is 24.3 Å². The Labute approximate surface area is 121 Å². The smallest absolute Gasteiger partial charge is 0.124 e. The van der Waals surface area contributed by atoms with Crippen LogP contribution in [0.2, 0.25) is 10.0 Å². The van der Waals surface area contributed by atoms with Crippen LogP contribution < -0.4 is 0 Å². The third-order valence-electron chi connectivity index (χ3n) is 3.02. The quantitative estimate of drug-likeness (QED) is 0.869. The lowest BCUT2D eigenvalue weighted by atomic mass is 9.98. The number of aryl methyl sites for hydroxylation is 1. The second kappa shape index (κ2) is 5.91. The summed E-state index contributed by atoms with van der Waals surface area (Å²) in [5, 5.41) is 11.2. The summed E-state index contributed by atoms with van der Waals surface area (Å²) >= 11 is 11.8. The molecule has 1 N–H and O–H groups in total. The SMILES string of the molecule is Cc1cc(Cl)ccc1C(O)Cc1ccc(F)cc1Cl. The molecule has 0 aliphatic carbocycles. The van der Waals surface area contributed by atoms with Crippen LogP contribution in [0, 0.1) is 12.7 Å². The molecule has 0 aliphatic heterocycles. The van der Waals surface area contributed by atoms with E-state index in [2.05, 4.69) is 0 Å². The zero-order valence-electron chi connectivity index (χ0n) is 10.3. The minimum Gasteiger partial charge on any atom is -0.388 e. The van der Waals surface area contributed by atoms with Crippen LogP contribution in [0.25, 0.3) is 0 Å². The molecule has 0 saturated heterocycles. The number of aliphatic hydroxyl groups is 1. The van der Waals surface area contributed by atoms with Gasteiger partial charge in [0.1, 0.15) is 5.82 Å². The molecule has 0 fully saturated rings. The lowest BCUT2D eigenvalue weighted by Gasteiger charge is -2.15. The molecule has 2 aromatic carbocycles. The Morgan fingerprint density at radius 3 is 2.53 bits per heavy atom. The van der Waals surface area contributed by atoms with Crippen LogP contribution >= 0.6 is 23.2 Å². The maximum Gasteiger partial charge on any atom is 0.124 e. The Bertz CT molecular complexity index is 599. The summed E-state index contributed by atoms with van der Waals surface area (Å²) < 4.78 is 13.0. The van der Waals surface area contributed by atoms with Crippen molar-refractivity contribution in [2.24, 2.45) is 0 Å². The monoisotopic (exact) mass is 298 g/mol. The van der Waals surface area contributed by atoms with E-state index >= 15 is 0 Å². The number of rotatable bonds is 3. The van der Waals surface area contributed by atoms with E-state index in [4.69, 9.17) is 23.2 Å². The van der Waals surface area contributed by atoms with E-state index in [0.717, 1.165) is 11.1 Å². The van der Waals surface area contributed by atoms with Crippen molar-refractivity contribution in [1.29, 1.82) is 0 Å². The van der Waals surface area contributed by atoms with E-state index in [1.165, 1.54) is 12.1 Å². The van der Waals surface area contributed by atoms with E-state index in [1.807, 2.05) is 6.92 Å².